The molecule has 2 atom stereocenters. The average molecular weight is 303 g/mol. The van der Waals surface area contributed by atoms with E-state index in [4.69, 9.17) is 4.74 Å². The monoisotopic (exact) mass is 303 g/mol. The van der Waals surface area contributed by atoms with Crippen molar-refractivity contribution >= 4 is 11.9 Å². The molecule has 1 aromatic rings. The number of rotatable bonds is 8. The van der Waals surface area contributed by atoms with Gasteiger partial charge in [-0.3, -0.25) is 9.59 Å². The zero-order valence-electron chi connectivity index (χ0n) is 13.2. The molecule has 1 aliphatic heterocycles. The summed E-state index contributed by atoms with van der Waals surface area (Å²) in [6.07, 6.45) is 5.24. The van der Waals surface area contributed by atoms with Crippen LogP contribution in [0.4, 0.5) is 0 Å². The highest BCUT2D eigenvalue weighted by Crippen LogP contribution is 2.27. The van der Waals surface area contributed by atoms with E-state index in [1.165, 1.54) is 0 Å². The van der Waals surface area contributed by atoms with E-state index in [0.29, 0.717) is 13.0 Å². The zero-order chi connectivity index (χ0) is 15.8. The molecule has 0 saturated carbocycles. The Morgan fingerprint density at radius 1 is 1.27 bits per heavy atom. The Bertz CT molecular complexity index is 486. The van der Waals surface area contributed by atoms with E-state index < -0.39 is 0 Å². The number of carbonyl (C=O) groups excluding carboxylic acids is 2. The maximum absolute atomic E-state index is 12.0. The molecule has 4 nitrogen and oxygen atoms in total. The minimum Gasteiger partial charge on any atom is -0.462 e. The predicted molar refractivity (Wildman–Crippen MR) is 85.0 cm³/mol. The Labute approximate surface area is 132 Å². The van der Waals surface area contributed by atoms with Crippen molar-refractivity contribution in [1.29, 1.82) is 0 Å². The Morgan fingerprint density at radius 2 is 2.05 bits per heavy atom. The van der Waals surface area contributed by atoms with Gasteiger partial charge in [0, 0.05) is 13.0 Å². The van der Waals surface area contributed by atoms with Gasteiger partial charge in [0.1, 0.15) is 6.10 Å². The van der Waals surface area contributed by atoms with Gasteiger partial charge in [-0.25, -0.2) is 0 Å². The topological polar surface area (TPSA) is 55.4 Å². The fourth-order valence-corrected chi connectivity index (χ4v) is 2.78. The van der Waals surface area contributed by atoms with Gasteiger partial charge in [0.25, 0.3) is 0 Å². The van der Waals surface area contributed by atoms with Crippen molar-refractivity contribution in [2.45, 2.75) is 58.1 Å². The summed E-state index contributed by atoms with van der Waals surface area (Å²) < 4.78 is 5.37. The van der Waals surface area contributed by atoms with Crippen molar-refractivity contribution in [1.82, 2.24) is 5.32 Å². The number of esters is 1. The van der Waals surface area contributed by atoms with E-state index in [1.54, 1.807) is 0 Å². The maximum Gasteiger partial charge on any atom is 0.309 e. The molecule has 0 unspecified atom stereocenters. The van der Waals surface area contributed by atoms with Crippen LogP contribution in [0.25, 0.3) is 0 Å². The Kier molecular flexibility index (Phi) is 6.44. The first-order valence-corrected chi connectivity index (χ1v) is 8.20. The number of ether oxygens (including phenoxy) is 1. The summed E-state index contributed by atoms with van der Waals surface area (Å²) >= 11 is 0. The third-order valence-electron chi connectivity index (χ3n) is 4.06. The Morgan fingerprint density at radius 3 is 2.77 bits per heavy atom. The van der Waals surface area contributed by atoms with Crippen LogP contribution in [0.2, 0.25) is 0 Å². The van der Waals surface area contributed by atoms with Gasteiger partial charge in [0.15, 0.2) is 0 Å². The second-order valence-electron chi connectivity index (χ2n) is 5.95. The van der Waals surface area contributed by atoms with E-state index in [1.807, 2.05) is 30.3 Å². The number of unbranched alkanes of at least 4 members (excludes halogenated alkanes) is 2. The molecule has 1 fully saturated rings. The molecule has 2 rings (SSSR count). The first-order valence-electron chi connectivity index (χ1n) is 8.20. The largest absolute Gasteiger partial charge is 0.462 e. The number of benzene rings is 1. The number of carbonyl (C=O) groups is 2. The summed E-state index contributed by atoms with van der Waals surface area (Å²) in [5.74, 6) is -0.571. The van der Waals surface area contributed by atoms with Crippen LogP contribution in [0, 0.1) is 5.92 Å². The minimum atomic E-state index is -0.276. The smallest absolute Gasteiger partial charge is 0.309 e. The van der Waals surface area contributed by atoms with Crippen LogP contribution in [0.1, 0.15) is 51.0 Å². The number of cyclic esters (lactones) is 1. The molecule has 1 N–H and O–H groups in total. The first-order chi connectivity index (χ1) is 10.7. The van der Waals surface area contributed by atoms with Crippen molar-refractivity contribution in [2.75, 3.05) is 0 Å². The van der Waals surface area contributed by atoms with Gasteiger partial charge in [-0.1, -0.05) is 50.1 Å². The summed E-state index contributed by atoms with van der Waals surface area (Å²) in [5.41, 5.74) is 1.06. The second-order valence-corrected chi connectivity index (χ2v) is 5.95. The lowest BCUT2D eigenvalue weighted by Gasteiger charge is -2.08. The van der Waals surface area contributed by atoms with E-state index in [9.17, 15) is 9.59 Å². The van der Waals surface area contributed by atoms with Crippen LogP contribution >= 0.6 is 0 Å². The second kappa shape index (κ2) is 8.57. The number of hydrogen-bond acceptors (Lipinski definition) is 3. The number of amides is 1. The van der Waals surface area contributed by atoms with Gasteiger partial charge in [-0.05, 0) is 24.8 Å². The molecular formula is C18H25NO3. The van der Waals surface area contributed by atoms with E-state index in [2.05, 4.69) is 12.2 Å². The van der Waals surface area contributed by atoms with Crippen molar-refractivity contribution in [2.24, 2.45) is 5.92 Å². The normalized spacial score (nSPS) is 20.7. The van der Waals surface area contributed by atoms with Crippen LogP contribution in [0.3, 0.4) is 0 Å². The lowest BCUT2D eigenvalue weighted by Crippen LogP contribution is -2.26. The van der Waals surface area contributed by atoms with Crippen LogP contribution in [-0.4, -0.2) is 18.0 Å². The van der Waals surface area contributed by atoms with Crippen molar-refractivity contribution in [3.8, 4) is 0 Å². The summed E-state index contributed by atoms with van der Waals surface area (Å²) in [7, 11) is 0. The van der Waals surface area contributed by atoms with Crippen LogP contribution in [-0.2, 0) is 20.9 Å². The van der Waals surface area contributed by atoms with Crippen molar-refractivity contribution < 1.29 is 14.3 Å². The molecule has 0 radical (unpaired) electrons. The Balaban J connectivity index is 1.71. The molecule has 1 aliphatic rings. The molecule has 4 heteroatoms. The fourth-order valence-electron chi connectivity index (χ4n) is 2.78. The van der Waals surface area contributed by atoms with Crippen LogP contribution in [0.5, 0.6) is 0 Å². The van der Waals surface area contributed by atoms with Gasteiger partial charge in [0.2, 0.25) is 5.91 Å². The lowest BCUT2D eigenvalue weighted by molar-refractivity contribution is -0.145. The fraction of sp³-hybridized carbons (Fsp3) is 0.556. The van der Waals surface area contributed by atoms with Gasteiger partial charge in [-0.2, -0.15) is 0 Å². The van der Waals surface area contributed by atoms with E-state index in [-0.39, 0.29) is 30.3 Å². The third-order valence-corrected chi connectivity index (χ3v) is 4.06. The Hall–Kier alpha value is -1.84. The van der Waals surface area contributed by atoms with Gasteiger partial charge < -0.3 is 10.1 Å². The molecule has 0 bridgehead atoms. The summed E-state index contributed by atoms with van der Waals surface area (Å²) in [6.45, 7) is 2.65. The summed E-state index contributed by atoms with van der Waals surface area (Å²) in [4.78, 5) is 23.8. The molecule has 1 saturated heterocycles. The van der Waals surface area contributed by atoms with Gasteiger partial charge in [0.05, 0.1) is 5.92 Å². The first kappa shape index (κ1) is 16.5. The molecule has 1 amide bonds. The zero-order valence-corrected chi connectivity index (χ0v) is 13.2. The van der Waals surface area contributed by atoms with Crippen LogP contribution < -0.4 is 5.32 Å². The predicted octanol–water partition coefficient (Wildman–Crippen LogP) is 3.20. The number of hydrogen-bond donors (Lipinski definition) is 1. The van der Waals surface area contributed by atoms with Gasteiger partial charge >= 0.3 is 5.97 Å². The molecule has 0 aromatic heterocycles. The van der Waals surface area contributed by atoms with Crippen molar-refractivity contribution in [3.63, 3.8) is 0 Å². The molecular weight excluding hydrogens is 278 g/mol. The van der Waals surface area contributed by atoms with Crippen LogP contribution in [0.15, 0.2) is 30.3 Å². The highest BCUT2D eigenvalue weighted by Gasteiger charge is 2.35. The van der Waals surface area contributed by atoms with E-state index in [0.717, 1.165) is 31.2 Å². The molecule has 22 heavy (non-hydrogen) atoms. The quantitative estimate of drug-likeness (QED) is 0.592. The SMILES string of the molecule is CCCCC[C@@H]1C[C@H](CC(=O)NCc2ccccc2)C(=O)O1. The third kappa shape index (κ3) is 5.17. The standard InChI is InChI=1S/C18H25NO3/c1-2-3-5-10-16-11-15(18(21)22-16)12-17(20)19-13-14-8-6-4-7-9-14/h4,6-9,15-16H,2-3,5,10-13H2,1H3,(H,19,20)/t15-,16-/m1/s1. The maximum atomic E-state index is 12.0. The van der Waals surface area contributed by atoms with Crippen molar-refractivity contribution in [3.05, 3.63) is 35.9 Å². The molecule has 0 aliphatic carbocycles. The molecule has 1 aromatic carbocycles. The number of nitrogens with one attached hydrogen (secondary N) is 1. The molecule has 0 spiro atoms. The molecule has 1 heterocycles. The highest BCUT2D eigenvalue weighted by atomic mass is 16.5. The lowest BCUT2D eigenvalue weighted by atomic mass is 9.98. The average Bonchev–Trinajstić information content (AvgIpc) is 2.86. The minimum absolute atomic E-state index is 0.00553. The van der Waals surface area contributed by atoms with Gasteiger partial charge in [-0.15, -0.1) is 0 Å². The summed E-state index contributed by atoms with van der Waals surface area (Å²) in [6, 6.07) is 9.76. The summed E-state index contributed by atoms with van der Waals surface area (Å²) in [5, 5.41) is 2.87. The highest BCUT2D eigenvalue weighted by molar-refractivity contribution is 5.84. The molecule has 120 valence electrons. The van der Waals surface area contributed by atoms with E-state index >= 15 is 0 Å².